The van der Waals surface area contributed by atoms with E-state index in [9.17, 15) is 5.11 Å². The first kappa shape index (κ1) is 18.7. The lowest BCUT2D eigenvalue weighted by Crippen LogP contribution is -2.21. The Balaban J connectivity index is 1.60. The molecule has 7 nitrogen and oxygen atoms in total. The summed E-state index contributed by atoms with van der Waals surface area (Å²) < 4.78 is 12.7. The second-order valence-electron chi connectivity index (χ2n) is 5.93. The number of rotatable bonds is 7. The van der Waals surface area contributed by atoms with Crippen LogP contribution in [0, 0.1) is 11.8 Å². The number of imidazole rings is 1. The number of nitrogens with zero attached hydrogens (tertiary/aromatic N) is 3. The van der Waals surface area contributed by atoms with Gasteiger partial charge in [-0.15, -0.1) is 0 Å². The third-order valence-electron chi connectivity index (χ3n) is 3.85. The van der Waals surface area contributed by atoms with E-state index in [2.05, 4.69) is 28.9 Å². The van der Waals surface area contributed by atoms with Crippen LogP contribution in [0.2, 0.25) is 0 Å². The van der Waals surface area contributed by atoms with Gasteiger partial charge in [0.1, 0.15) is 30.0 Å². The van der Waals surface area contributed by atoms with Crippen LogP contribution < -0.4 is 4.74 Å². The topological polar surface area (TPSA) is 93.5 Å². The van der Waals surface area contributed by atoms with E-state index in [0.29, 0.717) is 18.1 Å². The summed E-state index contributed by atoms with van der Waals surface area (Å²) in [5.74, 6) is 8.06. The number of aryl methyl sites for hydroxylation is 1. The highest BCUT2D eigenvalue weighted by Crippen LogP contribution is 2.12. The van der Waals surface area contributed by atoms with Crippen LogP contribution in [0.25, 0.3) is 0 Å². The van der Waals surface area contributed by atoms with E-state index >= 15 is 0 Å². The van der Waals surface area contributed by atoms with Crippen molar-refractivity contribution in [3.63, 3.8) is 0 Å². The van der Waals surface area contributed by atoms with Crippen molar-refractivity contribution in [2.24, 2.45) is 0 Å². The fourth-order valence-corrected chi connectivity index (χ4v) is 2.43. The van der Waals surface area contributed by atoms with E-state index < -0.39 is 6.10 Å². The van der Waals surface area contributed by atoms with Crippen molar-refractivity contribution in [1.29, 1.82) is 0 Å². The summed E-state index contributed by atoms with van der Waals surface area (Å²) >= 11 is 0. The number of aliphatic hydroxyl groups is 2. The van der Waals surface area contributed by atoms with Gasteiger partial charge in [-0.2, -0.15) is 0 Å². The van der Waals surface area contributed by atoms with Gasteiger partial charge in [-0.05, 0) is 30.2 Å². The van der Waals surface area contributed by atoms with Gasteiger partial charge in [0.25, 0.3) is 0 Å². The zero-order valence-electron chi connectivity index (χ0n) is 15.0. The molecule has 0 saturated carbocycles. The molecule has 0 saturated heterocycles. The van der Waals surface area contributed by atoms with Crippen LogP contribution in [-0.2, 0) is 13.0 Å². The lowest BCUT2D eigenvalue weighted by atomic mass is 10.2. The number of benzene rings is 1. The molecule has 27 heavy (non-hydrogen) atoms. The average molecular weight is 367 g/mol. The first-order valence-electron chi connectivity index (χ1n) is 8.67. The third-order valence-corrected chi connectivity index (χ3v) is 3.85. The van der Waals surface area contributed by atoms with Crippen LogP contribution >= 0.6 is 0 Å². The van der Waals surface area contributed by atoms with Crippen molar-refractivity contribution in [3.05, 3.63) is 65.6 Å². The lowest BCUT2D eigenvalue weighted by Gasteiger charge is -2.09. The van der Waals surface area contributed by atoms with Crippen molar-refractivity contribution >= 4 is 0 Å². The maximum absolute atomic E-state index is 9.28. The first-order valence-corrected chi connectivity index (χ1v) is 8.67. The molecule has 0 radical (unpaired) electrons. The van der Waals surface area contributed by atoms with Gasteiger partial charge in [0.15, 0.2) is 0 Å². The molecule has 1 aromatic carbocycles. The summed E-state index contributed by atoms with van der Waals surface area (Å²) in [6, 6.07) is 8.95. The fraction of sp³-hybridized carbons (Fsp3) is 0.300. The molecule has 3 rings (SSSR count). The van der Waals surface area contributed by atoms with Gasteiger partial charge >= 0.3 is 0 Å². The highest BCUT2D eigenvalue weighted by molar-refractivity contribution is 5.41. The Labute approximate surface area is 157 Å². The first-order chi connectivity index (χ1) is 13.2. The molecule has 1 atom stereocenters. The maximum atomic E-state index is 9.28. The summed E-state index contributed by atoms with van der Waals surface area (Å²) in [4.78, 5) is 4.29. The van der Waals surface area contributed by atoms with E-state index in [1.807, 2.05) is 29.0 Å². The number of aromatic nitrogens is 3. The zero-order valence-corrected chi connectivity index (χ0v) is 15.0. The van der Waals surface area contributed by atoms with E-state index in [1.165, 1.54) is 0 Å². The minimum absolute atomic E-state index is 0.0407. The molecule has 1 unspecified atom stereocenters. The molecular weight excluding hydrogens is 346 g/mol. The predicted octanol–water partition coefficient (Wildman–Crippen LogP) is 1.61. The van der Waals surface area contributed by atoms with Crippen LogP contribution in [0.5, 0.6) is 5.75 Å². The molecule has 0 aliphatic carbocycles. The second-order valence-corrected chi connectivity index (χ2v) is 5.93. The van der Waals surface area contributed by atoms with E-state index in [4.69, 9.17) is 14.4 Å². The van der Waals surface area contributed by atoms with E-state index in [1.54, 1.807) is 18.3 Å². The Morgan fingerprint density at radius 3 is 2.81 bits per heavy atom. The van der Waals surface area contributed by atoms with Crippen LogP contribution in [-0.4, -0.2) is 44.2 Å². The molecule has 2 heterocycles. The Morgan fingerprint density at radius 1 is 1.26 bits per heavy atom. The Bertz CT molecular complexity index is 919. The highest BCUT2D eigenvalue weighted by Gasteiger charge is 2.06. The van der Waals surface area contributed by atoms with Gasteiger partial charge in [-0.25, -0.2) is 4.98 Å². The Morgan fingerprint density at radius 2 is 2.07 bits per heavy atom. The standard InChI is InChI=1S/C20H21N3O4/c1-2-20-21-9-10-23(20)12-16-11-19(27-22-16)8-5-15-3-6-18(7-4-15)26-14-17(25)13-24/h3-4,6-7,9-11,17,24-25H,2,12-14H2,1H3. The lowest BCUT2D eigenvalue weighted by molar-refractivity contribution is 0.0536. The Hall–Kier alpha value is -3.08. The summed E-state index contributed by atoms with van der Waals surface area (Å²) in [7, 11) is 0. The van der Waals surface area contributed by atoms with Crippen LogP contribution in [0.15, 0.2) is 47.2 Å². The smallest absolute Gasteiger partial charge is 0.210 e. The van der Waals surface area contributed by atoms with Gasteiger partial charge in [-0.3, -0.25) is 0 Å². The molecule has 7 heteroatoms. The van der Waals surface area contributed by atoms with Crippen LogP contribution in [0.4, 0.5) is 0 Å². The molecule has 3 aromatic rings. The number of ether oxygens (including phenoxy) is 1. The summed E-state index contributed by atoms with van der Waals surface area (Å²) in [5, 5.41) is 22.1. The summed E-state index contributed by atoms with van der Waals surface area (Å²) in [5.41, 5.74) is 1.59. The van der Waals surface area contributed by atoms with Gasteiger partial charge in [0.05, 0.1) is 13.2 Å². The fourth-order valence-electron chi connectivity index (χ4n) is 2.43. The molecule has 2 N–H and O–H groups in total. The molecular formula is C20H21N3O4. The van der Waals surface area contributed by atoms with Crippen molar-refractivity contribution in [2.75, 3.05) is 13.2 Å². The van der Waals surface area contributed by atoms with Gasteiger partial charge in [0.2, 0.25) is 5.76 Å². The molecule has 140 valence electrons. The van der Waals surface area contributed by atoms with Gasteiger partial charge in [-0.1, -0.05) is 18.0 Å². The summed E-state index contributed by atoms with van der Waals surface area (Å²) in [6.45, 7) is 2.37. The predicted molar refractivity (Wildman–Crippen MR) is 98.2 cm³/mol. The monoisotopic (exact) mass is 367 g/mol. The molecule has 0 aliphatic heterocycles. The largest absolute Gasteiger partial charge is 0.491 e. The minimum Gasteiger partial charge on any atom is -0.491 e. The molecule has 0 bridgehead atoms. The van der Waals surface area contributed by atoms with Crippen molar-refractivity contribution in [2.45, 2.75) is 26.0 Å². The van der Waals surface area contributed by atoms with Crippen molar-refractivity contribution < 1.29 is 19.5 Å². The molecule has 0 spiro atoms. The molecule has 0 aliphatic rings. The zero-order chi connectivity index (χ0) is 19.1. The maximum Gasteiger partial charge on any atom is 0.210 e. The second kappa shape index (κ2) is 9.03. The minimum atomic E-state index is -0.888. The van der Waals surface area contributed by atoms with Crippen LogP contribution in [0.3, 0.4) is 0 Å². The van der Waals surface area contributed by atoms with Crippen molar-refractivity contribution in [3.8, 4) is 17.6 Å². The number of aliphatic hydroxyl groups excluding tert-OH is 2. The van der Waals surface area contributed by atoms with E-state index in [0.717, 1.165) is 23.5 Å². The van der Waals surface area contributed by atoms with Crippen molar-refractivity contribution in [1.82, 2.24) is 14.7 Å². The van der Waals surface area contributed by atoms with Gasteiger partial charge in [0, 0.05) is 30.4 Å². The molecule has 2 aromatic heterocycles. The van der Waals surface area contributed by atoms with Gasteiger partial charge < -0.3 is 24.0 Å². The Kier molecular flexibility index (Phi) is 6.26. The molecule has 0 amide bonds. The van der Waals surface area contributed by atoms with Crippen LogP contribution in [0.1, 0.15) is 29.8 Å². The third kappa shape index (κ3) is 5.20. The number of hydrogen-bond donors (Lipinski definition) is 2. The highest BCUT2D eigenvalue weighted by atomic mass is 16.5. The summed E-state index contributed by atoms with van der Waals surface area (Å²) in [6.07, 6.45) is 3.66. The number of hydrogen-bond acceptors (Lipinski definition) is 6. The quantitative estimate of drug-likeness (QED) is 0.617. The average Bonchev–Trinajstić information content (AvgIpc) is 3.34. The normalized spacial score (nSPS) is 11.7. The van der Waals surface area contributed by atoms with E-state index in [-0.39, 0.29) is 13.2 Å². The molecule has 0 fully saturated rings. The SMILES string of the molecule is CCc1nccn1Cc1cc(C#Cc2ccc(OCC(O)CO)cc2)on1.